The highest BCUT2D eigenvalue weighted by atomic mass is 19.1. The van der Waals surface area contributed by atoms with Gasteiger partial charge in [-0.05, 0) is 48.9 Å². The van der Waals surface area contributed by atoms with Crippen molar-refractivity contribution in [3.63, 3.8) is 0 Å². The summed E-state index contributed by atoms with van der Waals surface area (Å²) in [5.41, 5.74) is 1.84. The van der Waals surface area contributed by atoms with Crippen LogP contribution in [0.5, 0.6) is 0 Å². The van der Waals surface area contributed by atoms with Crippen LogP contribution >= 0.6 is 0 Å². The van der Waals surface area contributed by atoms with E-state index >= 15 is 0 Å². The quantitative estimate of drug-likeness (QED) is 0.867. The van der Waals surface area contributed by atoms with Gasteiger partial charge in [0, 0.05) is 25.7 Å². The van der Waals surface area contributed by atoms with Gasteiger partial charge in [-0.3, -0.25) is 9.69 Å². The maximum absolute atomic E-state index is 13.3. The standard InChI is InChI=1S/C23H27FN2O/c24-20-9-7-19(8-10-20)23(13-4-14-23)22(27)25-21-11-15-26(16-12-21)17-18-5-2-1-3-6-18/h1-3,5-10,21H,4,11-17H2,(H,25,27). The van der Waals surface area contributed by atoms with Gasteiger partial charge in [0.15, 0.2) is 0 Å². The summed E-state index contributed by atoms with van der Waals surface area (Å²) in [5.74, 6) is -0.124. The molecule has 27 heavy (non-hydrogen) atoms. The van der Waals surface area contributed by atoms with Crippen LogP contribution in [0.4, 0.5) is 4.39 Å². The highest BCUT2D eigenvalue weighted by Crippen LogP contribution is 2.44. The van der Waals surface area contributed by atoms with E-state index in [4.69, 9.17) is 0 Å². The molecule has 1 saturated carbocycles. The normalized spacial score (nSPS) is 20.0. The molecule has 2 fully saturated rings. The molecule has 0 unspecified atom stereocenters. The fourth-order valence-corrected chi connectivity index (χ4v) is 4.35. The van der Waals surface area contributed by atoms with Crippen molar-refractivity contribution in [2.24, 2.45) is 0 Å². The van der Waals surface area contributed by atoms with Gasteiger partial charge in [0.25, 0.3) is 0 Å². The summed E-state index contributed by atoms with van der Waals surface area (Å²) < 4.78 is 13.3. The average Bonchev–Trinajstić information content (AvgIpc) is 2.65. The Kier molecular flexibility index (Phi) is 5.26. The number of hydrogen-bond acceptors (Lipinski definition) is 2. The monoisotopic (exact) mass is 366 g/mol. The topological polar surface area (TPSA) is 32.3 Å². The number of rotatable bonds is 5. The van der Waals surface area contributed by atoms with Gasteiger partial charge in [-0.1, -0.05) is 48.9 Å². The molecule has 1 aliphatic carbocycles. The SMILES string of the molecule is O=C(NC1CCN(Cc2ccccc2)CC1)C1(c2ccc(F)cc2)CCC1. The molecular formula is C23H27FN2O. The lowest BCUT2D eigenvalue weighted by atomic mass is 9.63. The van der Waals surface area contributed by atoms with E-state index in [1.807, 2.05) is 6.07 Å². The third kappa shape index (κ3) is 3.91. The zero-order valence-electron chi connectivity index (χ0n) is 15.7. The van der Waals surface area contributed by atoms with E-state index in [1.165, 1.54) is 17.7 Å². The first-order valence-electron chi connectivity index (χ1n) is 9.99. The van der Waals surface area contributed by atoms with Crippen LogP contribution in [0, 0.1) is 5.82 Å². The summed E-state index contributed by atoms with van der Waals surface area (Å²) in [4.78, 5) is 15.5. The van der Waals surface area contributed by atoms with Crippen LogP contribution in [0.1, 0.15) is 43.2 Å². The van der Waals surface area contributed by atoms with Crippen molar-refractivity contribution in [2.45, 2.75) is 50.1 Å². The molecule has 0 spiro atoms. The molecule has 1 saturated heterocycles. The first kappa shape index (κ1) is 18.2. The molecule has 0 bridgehead atoms. The molecule has 0 radical (unpaired) electrons. The number of nitrogens with one attached hydrogen (secondary N) is 1. The zero-order valence-corrected chi connectivity index (χ0v) is 15.7. The van der Waals surface area contributed by atoms with Crippen molar-refractivity contribution >= 4 is 5.91 Å². The summed E-state index contributed by atoms with van der Waals surface area (Å²) in [6.07, 6.45) is 4.74. The first-order chi connectivity index (χ1) is 13.2. The maximum Gasteiger partial charge on any atom is 0.230 e. The van der Waals surface area contributed by atoms with Crippen molar-refractivity contribution in [3.05, 3.63) is 71.5 Å². The van der Waals surface area contributed by atoms with Gasteiger partial charge in [0.2, 0.25) is 5.91 Å². The van der Waals surface area contributed by atoms with E-state index in [0.29, 0.717) is 0 Å². The Morgan fingerprint density at radius 2 is 1.70 bits per heavy atom. The fourth-order valence-electron chi connectivity index (χ4n) is 4.35. The lowest BCUT2D eigenvalue weighted by Gasteiger charge is -2.42. The Bertz CT molecular complexity index is 763. The van der Waals surface area contributed by atoms with Gasteiger partial charge in [-0.2, -0.15) is 0 Å². The molecular weight excluding hydrogens is 339 g/mol. The molecule has 3 nitrogen and oxygen atoms in total. The van der Waals surface area contributed by atoms with Gasteiger partial charge in [-0.25, -0.2) is 4.39 Å². The molecule has 1 heterocycles. The van der Waals surface area contributed by atoms with E-state index in [-0.39, 0.29) is 17.8 Å². The maximum atomic E-state index is 13.3. The molecule has 2 aromatic rings. The second kappa shape index (κ2) is 7.81. The second-order valence-corrected chi connectivity index (χ2v) is 7.95. The van der Waals surface area contributed by atoms with Gasteiger partial charge in [0.1, 0.15) is 5.82 Å². The van der Waals surface area contributed by atoms with E-state index < -0.39 is 5.41 Å². The molecule has 1 amide bonds. The molecule has 1 aliphatic heterocycles. The van der Waals surface area contributed by atoms with Gasteiger partial charge >= 0.3 is 0 Å². The smallest absolute Gasteiger partial charge is 0.230 e. The number of benzene rings is 2. The summed E-state index contributed by atoms with van der Waals surface area (Å²) >= 11 is 0. The highest BCUT2D eigenvalue weighted by Gasteiger charge is 2.46. The van der Waals surface area contributed by atoms with E-state index in [9.17, 15) is 9.18 Å². The molecule has 142 valence electrons. The minimum Gasteiger partial charge on any atom is -0.353 e. The molecule has 0 aromatic heterocycles. The lowest BCUT2D eigenvalue weighted by Crippen LogP contribution is -2.54. The van der Waals surface area contributed by atoms with Crippen molar-refractivity contribution in [2.75, 3.05) is 13.1 Å². The van der Waals surface area contributed by atoms with Crippen molar-refractivity contribution in [3.8, 4) is 0 Å². The summed E-state index contributed by atoms with van der Waals surface area (Å²) in [6.45, 7) is 2.98. The molecule has 2 aromatic carbocycles. The van der Waals surface area contributed by atoms with Crippen LogP contribution in [0.15, 0.2) is 54.6 Å². The van der Waals surface area contributed by atoms with Crippen LogP contribution in [0.2, 0.25) is 0 Å². The summed E-state index contributed by atoms with van der Waals surface area (Å²) in [7, 11) is 0. The average molecular weight is 366 g/mol. The number of halogens is 1. The number of carbonyl (C=O) groups excluding carboxylic acids is 1. The predicted octanol–water partition coefficient (Wildman–Crippen LogP) is 4.03. The second-order valence-electron chi connectivity index (χ2n) is 7.95. The molecule has 2 aliphatic rings. The van der Waals surface area contributed by atoms with Gasteiger partial charge in [0.05, 0.1) is 5.41 Å². The minimum absolute atomic E-state index is 0.127. The third-order valence-corrected chi connectivity index (χ3v) is 6.21. The number of piperidine rings is 1. The predicted molar refractivity (Wildman–Crippen MR) is 105 cm³/mol. The van der Waals surface area contributed by atoms with E-state index in [2.05, 4.69) is 34.5 Å². The van der Waals surface area contributed by atoms with Crippen molar-refractivity contribution in [1.29, 1.82) is 0 Å². The largest absolute Gasteiger partial charge is 0.353 e. The fraction of sp³-hybridized carbons (Fsp3) is 0.435. The van der Waals surface area contributed by atoms with Crippen LogP contribution in [-0.2, 0) is 16.8 Å². The van der Waals surface area contributed by atoms with Crippen LogP contribution in [-0.4, -0.2) is 29.9 Å². The third-order valence-electron chi connectivity index (χ3n) is 6.21. The number of amides is 1. The lowest BCUT2D eigenvalue weighted by molar-refractivity contribution is -0.131. The van der Waals surface area contributed by atoms with Crippen LogP contribution in [0.25, 0.3) is 0 Å². The summed E-state index contributed by atoms with van der Waals surface area (Å²) in [5, 5.41) is 3.30. The van der Waals surface area contributed by atoms with Crippen LogP contribution in [0.3, 0.4) is 0 Å². The van der Waals surface area contributed by atoms with E-state index in [0.717, 1.165) is 57.3 Å². The van der Waals surface area contributed by atoms with Crippen molar-refractivity contribution < 1.29 is 9.18 Å². The van der Waals surface area contributed by atoms with E-state index in [1.54, 1.807) is 12.1 Å². The number of likely N-dealkylation sites (tertiary alicyclic amines) is 1. The Morgan fingerprint density at radius 3 is 2.30 bits per heavy atom. The summed E-state index contributed by atoms with van der Waals surface area (Å²) in [6, 6.07) is 17.2. The van der Waals surface area contributed by atoms with Gasteiger partial charge < -0.3 is 5.32 Å². The Labute approximate surface area is 160 Å². The molecule has 0 atom stereocenters. The molecule has 4 heteroatoms. The number of nitrogens with zero attached hydrogens (tertiary/aromatic N) is 1. The first-order valence-corrected chi connectivity index (χ1v) is 9.99. The van der Waals surface area contributed by atoms with Gasteiger partial charge in [-0.15, -0.1) is 0 Å². The minimum atomic E-state index is -0.450. The zero-order chi connectivity index (χ0) is 18.7. The van der Waals surface area contributed by atoms with Crippen molar-refractivity contribution in [1.82, 2.24) is 10.2 Å². The molecule has 1 N–H and O–H groups in total. The Hall–Kier alpha value is -2.20. The Balaban J connectivity index is 1.33. The number of carbonyl (C=O) groups is 1. The highest BCUT2D eigenvalue weighted by molar-refractivity contribution is 5.89. The molecule has 4 rings (SSSR count). The van der Waals surface area contributed by atoms with Crippen LogP contribution < -0.4 is 5.32 Å². The number of hydrogen-bond donors (Lipinski definition) is 1. The Morgan fingerprint density at radius 1 is 1.04 bits per heavy atom.